The van der Waals surface area contributed by atoms with E-state index in [0.29, 0.717) is 24.2 Å². The van der Waals surface area contributed by atoms with Crippen LogP contribution in [0.4, 0.5) is 10.5 Å². The Bertz CT molecular complexity index is 1000. The van der Waals surface area contributed by atoms with Gasteiger partial charge in [-0.3, -0.25) is 4.98 Å². The van der Waals surface area contributed by atoms with Crippen molar-refractivity contribution in [3.63, 3.8) is 0 Å². The van der Waals surface area contributed by atoms with E-state index < -0.39 is 5.97 Å². The minimum absolute atomic E-state index is 0.300. The second-order valence-electron chi connectivity index (χ2n) is 6.37. The standard InChI is InChI=1S/C20H19N5O3/c1-28-19(26)14-6-2-3-7-15(14)24-20(27)25-10-8-16-17(23-12-22-16)18(25)13-5-4-9-21-11-13/h2-7,9,11-12,18H,8,10H2,1H3,(H,22,23)(H,24,27)/t18-/m1/s1. The lowest BCUT2D eigenvalue weighted by Gasteiger charge is -2.35. The highest BCUT2D eigenvalue weighted by Gasteiger charge is 2.34. The molecule has 0 bridgehead atoms. The van der Waals surface area contributed by atoms with Crippen LogP contribution in [-0.2, 0) is 11.2 Å². The van der Waals surface area contributed by atoms with Gasteiger partial charge < -0.3 is 19.9 Å². The number of rotatable bonds is 3. The van der Waals surface area contributed by atoms with E-state index in [2.05, 4.69) is 20.3 Å². The van der Waals surface area contributed by atoms with Crippen LogP contribution in [0, 0.1) is 0 Å². The van der Waals surface area contributed by atoms with Gasteiger partial charge in [-0.15, -0.1) is 0 Å². The molecule has 28 heavy (non-hydrogen) atoms. The van der Waals surface area contributed by atoms with Crippen molar-refractivity contribution in [3.8, 4) is 0 Å². The van der Waals surface area contributed by atoms with Gasteiger partial charge in [-0.05, 0) is 23.8 Å². The van der Waals surface area contributed by atoms with Gasteiger partial charge in [0.1, 0.15) is 6.04 Å². The number of ether oxygens (including phenoxy) is 1. The molecule has 0 radical (unpaired) electrons. The molecular formula is C20H19N5O3. The number of nitrogens with one attached hydrogen (secondary N) is 2. The Morgan fingerprint density at radius 3 is 2.89 bits per heavy atom. The molecule has 0 fully saturated rings. The average molecular weight is 377 g/mol. The summed E-state index contributed by atoms with van der Waals surface area (Å²) in [7, 11) is 1.31. The van der Waals surface area contributed by atoms with Crippen LogP contribution < -0.4 is 5.32 Å². The van der Waals surface area contributed by atoms with Gasteiger partial charge >= 0.3 is 12.0 Å². The van der Waals surface area contributed by atoms with Gasteiger partial charge in [0.15, 0.2) is 0 Å². The number of urea groups is 1. The number of hydrogen-bond acceptors (Lipinski definition) is 5. The largest absolute Gasteiger partial charge is 0.465 e. The minimum Gasteiger partial charge on any atom is -0.465 e. The molecule has 2 N–H and O–H groups in total. The molecule has 8 nitrogen and oxygen atoms in total. The molecule has 8 heteroatoms. The second-order valence-corrected chi connectivity index (χ2v) is 6.37. The number of benzene rings is 1. The molecule has 142 valence electrons. The Balaban J connectivity index is 1.67. The van der Waals surface area contributed by atoms with E-state index in [1.807, 2.05) is 12.1 Å². The van der Waals surface area contributed by atoms with Crippen molar-refractivity contribution in [2.24, 2.45) is 0 Å². The van der Waals surface area contributed by atoms with Crippen LogP contribution in [0.15, 0.2) is 55.1 Å². The number of aromatic amines is 1. The predicted octanol–water partition coefficient (Wildman–Crippen LogP) is 2.77. The zero-order chi connectivity index (χ0) is 19.5. The van der Waals surface area contributed by atoms with E-state index in [0.717, 1.165) is 17.0 Å². The lowest BCUT2D eigenvalue weighted by molar-refractivity contribution is 0.0602. The highest BCUT2D eigenvalue weighted by molar-refractivity contribution is 6.01. The number of para-hydroxylation sites is 1. The number of fused-ring (bicyclic) bond motifs is 1. The van der Waals surface area contributed by atoms with Gasteiger partial charge in [0, 0.05) is 31.1 Å². The number of anilines is 1. The highest BCUT2D eigenvalue weighted by Crippen LogP contribution is 2.33. The molecular weight excluding hydrogens is 358 g/mol. The molecule has 1 aliphatic rings. The third kappa shape index (κ3) is 3.20. The number of amides is 2. The summed E-state index contributed by atoms with van der Waals surface area (Å²) in [6, 6.07) is 9.82. The first-order valence-corrected chi connectivity index (χ1v) is 8.86. The van der Waals surface area contributed by atoms with Gasteiger partial charge in [-0.1, -0.05) is 18.2 Å². The first kappa shape index (κ1) is 17.7. The quantitative estimate of drug-likeness (QED) is 0.684. The number of carbonyl (C=O) groups excluding carboxylic acids is 2. The molecule has 0 saturated heterocycles. The Kier molecular flexibility index (Phi) is 4.76. The smallest absolute Gasteiger partial charge is 0.339 e. The summed E-state index contributed by atoms with van der Waals surface area (Å²) in [4.78, 5) is 38.6. The van der Waals surface area contributed by atoms with E-state index in [1.165, 1.54) is 7.11 Å². The molecule has 3 heterocycles. The maximum atomic E-state index is 13.2. The van der Waals surface area contributed by atoms with E-state index >= 15 is 0 Å². The van der Waals surface area contributed by atoms with E-state index in [1.54, 1.807) is 47.9 Å². The van der Waals surface area contributed by atoms with Crippen molar-refractivity contribution >= 4 is 17.7 Å². The Morgan fingerprint density at radius 2 is 2.11 bits per heavy atom. The first-order chi connectivity index (χ1) is 13.7. The third-order valence-electron chi connectivity index (χ3n) is 4.76. The van der Waals surface area contributed by atoms with Gasteiger partial charge in [0.25, 0.3) is 0 Å². The third-order valence-corrected chi connectivity index (χ3v) is 4.76. The van der Waals surface area contributed by atoms with Crippen LogP contribution in [0.3, 0.4) is 0 Å². The van der Waals surface area contributed by atoms with Crippen LogP contribution in [0.5, 0.6) is 0 Å². The summed E-state index contributed by atoms with van der Waals surface area (Å²) in [6.45, 7) is 0.501. The molecule has 1 aromatic carbocycles. The fourth-order valence-electron chi connectivity index (χ4n) is 3.44. The highest BCUT2D eigenvalue weighted by atomic mass is 16.5. The van der Waals surface area contributed by atoms with Crippen molar-refractivity contribution in [2.75, 3.05) is 19.0 Å². The summed E-state index contributed by atoms with van der Waals surface area (Å²) in [5.74, 6) is -0.507. The minimum atomic E-state index is -0.507. The molecule has 4 rings (SSSR count). The molecule has 0 saturated carbocycles. The number of methoxy groups -OCH3 is 1. The summed E-state index contributed by atoms with van der Waals surface area (Å²) in [6.07, 6.45) is 5.73. The molecule has 0 spiro atoms. The topological polar surface area (TPSA) is 100 Å². The zero-order valence-corrected chi connectivity index (χ0v) is 15.3. The number of aromatic nitrogens is 3. The van der Waals surface area contributed by atoms with E-state index in [-0.39, 0.29) is 12.1 Å². The normalized spacial score (nSPS) is 15.6. The van der Waals surface area contributed by atoms with Crippen LogP contribution in [-0.4, -0.2) is 45.5 Å². The second kappa shape index (κ2) is 7.51. The van der Waals surface area contributed by atoms with Crippen molar-refractivity contribution in [1.82, 2.24) is 19.9 Å². The fraction of sp³-hybridized carbons (Fsp3) is 0.200. The number of imidazole rings is 1. The van der Waals surface area contributed by atoms with Gasteiger partial charge in [0.2, 0.25) is 0 Å². The molecule has 0 unspecified atom stereocenters. The molecule has 2 aromatic heterocycles. The van der Waals surface area contributed by atoms with Crippen LogP contribution in [0.2, 0.25) is 0 Å². The van der Waals surface area contributed by atoms with Crippen molar-refractivity contribution in [2.45, 2.75) is 12.5 Å². The summed E-state index contributed by atoms with van der Waals surface area (Å²) >= 11 is 0. The number of H-pyrrole nitrogens is 1. The molecule has 1 aliphatic heterocycles. The Hall–Kier alpha value is -3.68. The molecule has 2 amide bonds. The lowest BCUT2D eigenvalue weighted by Crippen LogP contribution is -2.43. The Morgan fingerprint density at radius 1 is 1.25 bits per heavy atom. The first-order valence-electron chi connectivity index (χ1n) is 8.86. The molecule has 0 aliphatic carbocycles. The maximum absolute atomic E-state index is 13.2. The van der Waals surface area contributed by atoms with E-state index in [9.17, 15) is 9.59 Å². The molecule has 3 aromatic rings. The van der Waals surface area contributed by atoms with Crippen LogP contribution >= 0.6 is 0 Å². The number of carbonyl (C=O) groups is 2. The Labute approximate surface area is 161 Å². The average Bonchev–Trinajstić information content (AvgIpc) is 3.22. The number of pyridine rings is 1. The number of nitrogens with zero attached hydrogens (tertiary/aromatic N) is 3. The maximum Gasteiger partial charge on any atom is 0.339 e. The molecule has 1 atom stereocenters. The zero-order valence-electron chi connectivity index (χ0n) is 15.3. The fourth-order valence-corrected chi connectivity index (χ4v) is 3.44. The van der Waals surface area contributed by atoms with Gasteiger partial charge in [-0.2, -0.15) is 0 Å². The van der Waals surface area contributed by atoms with E-state index in [4.69, 9.17) is 4.74 Å². The van der Waals surface area contributed by atoms with Crippen molar-refractivity contribution in [1.29, 1.82) is 0 Å². The summed E-state index contributed by atoms with van der Waals surface area (Å²) in [5, 5.41) is 2.85. The van der Waals surface area contributed by atoms with Gasteiger partial charge in [0.05, 0.1) is 30.4 Å². The predicted molar refractivity (Wildman–Crippen MR) is 102 cm³/mol. The van der Waals surface area contributed by atoms with Crippen LogP contribution in [0.25, 0.3) is 0 Å². The van der Waals surface area contributed by atoms with Gasteiger partial charge in [-0.25, -0.2) is 14.6 Å². The van der Waals surface area contributed by atoms with Crippen molar-refractivity contribution in [3.05, 3.63) is 77.6 Å². The lowest BCUT2D eigenvalue weighted by atomic mass is 9.97. The summed E-state index contributed by atoms with van der Waals surface area (Å²) < 4.78 is 4.80. The SMILES string of the molecule is COC(=O)c1ccccc1NC(=O)N1CCc2[nH]cnc2[C@H]1c1cccnc1. The number of hydrogen-bond donors (Lipinski definition) is 2. The van der Waals surface area contributed by atoms with Crippen molar-refractivity contribution < 1.29 is 14.3 Å². The number of esters is 1. The van der Waals surface area contributed by atoms with Crippen LogP contribution in [0.1, 0.15) is 33.4 Å². The summed E-state index contributed by atoms with van der Waals surface area (Å²) in [5.41, 5.74) is 3.38. The monoisotopic (exact) mass is 377 g/mol.